The highest BCUT2D eigenvalue weighted by atomic mass is 16.5. The number of aromatic nitrogens is 1. The number of aromatic amines is 1. The van der Waals surface area contributed by atoms with Gasteiger partial charge in [-0.15, -0.1) is 0 Å². The van der Waals surface area contributed by atoms with Crippen molar-refractivity contribution in [2.45, 2.75) is 38.2 Å². The van der Waals surface area contributed by atoms with Crippen molar-refractivity contribution in [1.82, 2.24) is 10.3 Å². The van der Waals surface area contributed by atoms with Crippen LogP contribution in [0.3, 0.4) is 0 Å². The Balaban J connectivity index is 1.46. The van der Waals surface area contributed by atoms with E-state index in [0.29, 0.717) is 13.0 Å². The molecule has 2 heterocycles. The van der Waals surface area contributed by atoms with Gasteiger partial charge in [0.05, 0.1) is 12.5 Å². The van der Waals surface area contributed by atoms with Crippen molar-refractivity contribution in [3.8, 4) is 0 Å². The number of rotatable bonds is 5. The fourth-order valence-electron chi connectivity index (χ4n) is 2.92. The first-order valence-electron chi connectivity index (χ1n) is 7.76. The van der Waals surface area contributed by atoms with Gasteiger partial charge in [0, 0.05) is 30.3 Å². The molecule has 4 heteroatoms. The summed E-state index contributed by atoms with van der Waals surface area (Å²) in [5.74, 6) is 0.0988. The molecule has 0 spiro atoms. The standard InChI is InChI=1S/C17H22N2O2/c20-17(11-14-5-3-4-10-21-14)18-9-8-13-12-19-16-7-2-1-6-15(13)16/h1-2,6-7,12,14,19H,3-5,8-11H2,(H,18,20). The number of hydrogen-bond acceptors (Lipinski definition) is 2. The summed E-state index contributed by atoms with van der Waals surface area (Å²) in [7, 11) is 0. The van der Waals surface area contributed by atoms with Gasteiger partial charge in [-0.25, -0.2) is 0 Å². The van der Waals surface area contributed by atoms with E-state index in [-0.39, 0.29) is 12.0 Å². The Morgan fingerprint density at radius 3 is 3.10 bits per heavy atom. The number of hydrogen-bond donors (Lipinski definition) is 2. The van der Waals surface area contributed by atoms with Gasteiger partial charge in [0.25, 0.3) is 0 Å². The molecule has 112 valence electrons. The first-order valence-corrected chi connectivity index (χ1v) is 7.76. The van der Waals surface area contributed by atoms with Crippen LogP contribution in [0.1, 0.15) is 31.2 Å². The third-order valence-corrected chi connectivity index (χ3v) is 4.08. The zero-order valence-electron chi connectivity index (χ0n) is 12.2. The summed E-state index contributed by atoms with van der Waals surface area (Å²) in [6.07, 6.45) is 6.80. The summed E-state index contributed by atoms with van der Waals surface area (Å²) in [4.78, 5) is 15.2. The van der Waals surface area contributed by atoms with Gasteiger partial charge in [-0.05, 0) is 37.3 Å². The second-order valence-electron chi connectivity index (χ2n) is 5.65. The quantitative estimate of drug-likeness (QED) is 0.888. The van der Waals surface area contributed by atoms with Crippen molar-refractivity contribution in [2.75, 3.05) is 13.2 Å². The molecule has 1 amide bonds. The molecule has 1 fully saturated rings. The molecule has 2 N–H and O–H groups in total. The molecule has 1 unspecified atom stereocenters. The van der Waals surface area contributed by atoms with Crippen LogP contribution in [0.25, 0.3) is 10.9 Å². The molecule has 0 aliphatic carbocycles. The normalized spacial score (nSPS) is 18.8. The summed E-state index contributed by atoms with van der Waals surface area (Å²) in [6.45, 7) is 1.47. The Hall–Kier alpha value is -1.81. The molecular formula is C17H22N2O2. The summed E-state index contributed by atoms with van der Waals surface area (Å²) >= 11 is 0. The van der Waals surface area contributed by atoms with Gasteiger partial charge in [0.1, 0.15) is 0 Å². The van der Waals surface area contributed by atoms with Crippen LogP contribution < -0.4 is 5.32 Å². The van der Waals surface area contributed by atoms with Crippen LogP contribution in [0.5, 0.6) is 0 Å². The largest absolute Gasteiger partial charge is 0.378 e. The van der Waals surface area contributed by atoms with E-state index >= 15 is 0 Å². The fraction of sp³-hybridized carbons (Fsp3) is 0.471. The Bertz CT molecular complexity index is 600. The number of carbonyl (C=O) groups is 1. The van der Waals surface area contributed by atoms with Crippen LogP contribution in [0.2, 0.25) is 0 Å². The second-order valence-corrected chi connectivity index (χ2v) is 5.65. The predicted octanol–water partition coefficient (Wildman–Crippen LogP) is 2.79. The van der Waals surface area contributed by atoms with Gasteiger partial charge in [0.2, 0.25) is 5.91 Å². The minimum Gasteiger partial charge on any atom is -0.378 e. The van der Waals surface area contributed by atoms with E-state index in [2.05, 4.69) is 22.4 Å². The van der Waals surface area contributed by atoms with Crippen molar-refractivity contribution in [2.24, 2.45) is 0 Å². The average Bonchev–Trinajstić information content (AvgIpc) is 2.92. The summed E-state index contributed by atoms with van der Waals surface area (Å²) in [6, 6.07) is 8.24. The third kappa shape index (κ3) is 3.64. The number of H-pyrrole nitrogens is 1. The Morgan fingerprint density at radius 2 is 2.24 bits per heavy atom. The highest BCUT2D eigenvalue weighted by molar-refractivity contribution is 5.83. The highest BCUT2D eigenvalue weighted by Crippen LogP contribution is 2.18. The molecule has 0 saturated carbocycles. The van der Waals surface area contributed by atoms with E-state index in [1.807, 2.05) is 18.3 Å². The molecular weight excluding hydrogens is 264 g/mol. The van der Waals surface area contributed by atoms with Crippen LogP contribution in [0.4, 0.5) is 0 Å². The highest BCUT2D eigenvalue weighted by Gasteiger charge is 2.17. The SMILES string of the molecule is O=C(CC1CCCCO1)NCCc1c[nH]c2ccccc12. The predicted molar refractivity (Wildman–Crippen MR) is 83.2 cm³/mol. The Labute approximate surface area is 124 Å². The van der Waals surface area contributed by atoms with Crippen molar-refractivity contribution in [1.29, 1.82) is 0 Å². The van der Waals surface area contributed by atoms with Crippen LogP contribution in [0, 0.1) is 0 Å². The number of carbonyl (C=O) groups excluding carboxylic acids is 1. The minimum absolute atomic E-state index is 0.0988. The lowest BCUT2D eigenvalue weighted by Gasteiger charge is -2.21. The van der Waals surface area contributed by atoms with Gasteiger partial charge in [-0.3, -0.25) is 4.79 Å². The van der Waals surface area contributed by atoms with Gasteiger partial charge < -0.3 is 15.0 Å². The maximum absolute atomic E-state index is 11.9. The summed E-state index contributed by atoms with van der Waals surface area (Å²) in [5.41, 5.74) is 2.40. The van der Waals surface area contributed by atoms with Crippen LogP contribution in [0.15, 0.2) is 30.5 Å². The van der Waals surface area contributed by atoms with E-state index in [1.165, 1.54) is 17.4 Å². The van der Waals surface area contributed by atoms with Gasteiger partial charge in [-0.2, -0.15) is 0 Å². The molecule has 1 saturated heterocycles. The Kier molecular flexibility index (Phi) is 4.55. The topological polar surface area (TPSA) is 54.1 Å². The first kappa shape index (κ1) is 14.1. The van der Waals surface area contributed by atoms with Gasteiger partial charge in [0.15, 0.2) is 0 Å². The van der Waals surface area contributed by atoms with Crippen LogP contribution in [-0.2, 0) is 16.0 Å². The van der Waals surface area contributed by atoms with E-state index in [0.717, 1.165) is 31.4 Å². The fourth-order valence-corrected chi connectivity index (χ4v) is 2.92. The Morgan fingerprint density at radius 1 is 1.33 bits per heavy atom. The molecule has 1 aliphatic heterocycles. The number of nitrogens with one attached hydrogen (secondary N) is 2. The molecule has 0 bridgehead atoms. The molecule has 2 aromatic rings. The minimum atomic E-state index is 0.0988. The van der Waals surface area contributed by atoms with E-state index in [9.17, 15) is 4.79 Å². The molecule has 4 nitrogen and oxygen atoms in total. The zero-order chi connectivity index (χ0) is 14.5. The molecule has 3 rings (SSSR count). The van der Waals surface area contributed by atoms with Crippen molar-refractivity contribution < 1.29 is 9.53 Å². The van der Waals surface area contributed by atoms with Gasteiger partial charge in [-0.1, -0.05) is 18.2 Å². The lowest BCUT2D eigenvalue weighted by Crippen LogP contribution is -2.31. The molecule has 1 aliphatic rings. The van der Waals surface area contributed by atoms with Crippen molar-refractivity contribution in [3.63, 3.8) is 0 Å². The van der Waals surface area contributed by atoms with Crippen molar-refractivity contribution >= 4 is 16.8 Å². The summed E-state index contributed by atoms with van der Waals surface area (Å²) in [5, 5.41) is 4.24. The maximum atomic E-state index is 11.9. The molecule has 1 atom stereocenters. The first-order chi connectivity index (χ1) is 10.3. The van der Waals surface area contributed by atoms with E-state index < -0.39 is 0 Å². The number of benzene rings is 1. The number of amides is 1. The van der Waals surface area contributed by atoms with E-state index in [1.54, 1.807) is 0 Å². The number of para-hydroxylation sites is 1. The van der Waals surface area contributed by atoms with Crippen molar-refractivity contribution in [3.05, 3.63) is 36.0 Å². The second kappa shape index (κ2) is 6.76. The number of fused-ring (bicyclic) bond motifs is 1. The van der Waals surface area contributed by atoms with Crippen LogP contribution in [-0.4, -0.2) is 30.1 Å². The maximum Gasteiger partial charge on any atom is 0.222 e. The molecule has 1 aromatic heterocycles. The lowest BCUT2D eigenvalue weighted by molar-refractivity contribution is -0.124. The molecule has 21 heavy (non-hydrogen) atoms. The molecule has 1 aromatic carbocycles. The third-order valence-electron chi connectivity index (χ3n) is 4.08. The smallest absolute Gasteiger partial charge is 0.222 e. The zero-order valence-corrected chi connectivity index (χ0v) is 12.2. The average molecular weight is 286 g/mol. The monoisotopic (exact) mass is 286 g/mol. The van der Waals surface area contributed by atoms with Crippen LogP contribution >= 0.6 is 0 Å². The van der Waals surface area contributed by atoms with Gasteiger partial charge >= 0.3 is 0 Å². The molecule has 0 radical (unpaired) electrons. The van der Waals surface area contributed by atoms with E-state index in [4.69, 9.17) is 4.74 Å². The summed E-state index contributed by atoms with van der Waals surface area (Å²) < 4.78 is 5.59. The lowest BCUT2D eigenvalue weighted by atomic mass is 10.1. The number of ether oxygens (including phenoxy) is 1.